The van der Waals surface area contributed by atoms with Crippen molar-refractivity contribution in [3.05, 3.63) is 11.4 Å². The van der Waals surface area contributed by atoms with Crippen LogP contribution in [0.2, 0.25) is 0 Å². The lowest BCUT2D eigenvalue weighted by molar-refractivity contribution is -0.143. The number of carboxylic acids is 1. The minimum atomic E-state index is -3.06. The van der Waals surface area contributed by atoms with Gasteiger partial charge in [-0.15, -0.1) is 0 Å². The fourth-order valence-corrected chi connectivity index (χ4v) is 3.92. The summed E-state index contributed by atoms with van der Waals surface area (Å²) in [5.74, 6) is -2.83. The number of rotatable bonds is 3. The van der Waals surface area contributed by atoms with E-state index < -0.39 is 17.6 Å². The first-order valence-electron chi connectivity index (χ1n) is 7.22. The highest BCUT2D eigenvalue weighted by molar-refractivity contribution is 6.05. The fraction of sp³-hybridized carbons (Fsp3) is 0.714. The number of carboxylic acid groups (broad SMARTS) is 1. The van der Waals surface area contributed by atoms with E-state index in [0.717, 1.165) is 6.42 Å². The number of piperidine rings is 2. The van der Waals surface area contributed by atoms with E-state index >= 15 is 0 Å². The highest BCUT2D eigenvalue weighted by Crippen LogP contribution is 2.48. The van der Waals surface area contributed by atoms with E-state index in [9.17, 15) is 13.6 Å². The Labute approximate surface area is 121 Å². The Morgan fingerprint density at radius 1 is 1.43 bits per heavy atom. The summed E-state index contributed by atoms with van der Waals surface area (Å²) in [6.45, 7) is 1.23. The maximum atomic E-state index is 13.4. The topological polar surface area (TPSA) is 90.4 Å². The number of halogens is 2. The van der Waals surface area contributed by atoms with Gasteiger partial charge in [-0.05, 0) is 30.6 Å². The number of alkyl halides is 2. The molecular formula is C14H19F2N3O2. The Balaban J connectivity index is 1.71. The highest BCUT2D eigenvalue weighted by Gasteiger charge is 2.49. The quantitative estimate of drug-likeness (QED) is 0.739. The zero-order valence-corrected chi connectivity index (χ0v) is 11.6. The van der Waals surface area contributed by atoms with Crippen molar-refractivity contribution in [3.8, 4) is 0 Å². The lowest BCUT2D eigenvalue weighted by atomic mass is 9.60. The molecule has 2 bridgehead atoms. The summed E-state index contributed by atoms with van der Waals surface area (Å²) in [6, 6.07) is 0. The predicted octanol–water partition coefficient (Wildman–Crippen LogP) is 1.65. The van der Waals surface area contributed by atoms with Crippen LogP contribution < -0.4 is 5.73 Å². The van der Waals surface area contributed by atoms with Crippen LogP contribution in [0.3, 0.4) is 0 Å². The first kappa shape index (κ1) is 14.3. The van der Waals surface area contributed by atoms with E-state index in [-0.39, 0.29) is 42.6 Å². The van der Waals surface area contributed by atoms with Gasteiger partial charge >= 0.3 is 5.97 Å². The zero-order chi connectivity index (χ0) is 15.4. The van der Waals surface area contributed by atoms with Gasteiger partial charge in [0.1, 0.15) is 11.5 Å². The lowest BCUT2D eigenvalue weighted by Crippen LogP contribution is -2.56. The molecule has 0 radical (unpaired) electrons. The Morgan fingerprint density at radius 3 is 2.52 bits per heavy atom. The minimum absolute atomic E-state index is 0.141. The van der Waals surface area contributed by atoms with E-state index in [4.69, 9.17) is 16.2 Å². The van der Waals surface area contributed by atoms with Gasteiger partial charge in [-0.2, -0.15) is 8.78 Å². The second-order valence-corrected chi connectivity index (χ2v) is 6.37. The third kappa shape index (κ3) is 2.28. The van der Waals surface area contributed by atoms with Crippen LogP contribution in [0.4, 0.5) is 8.78 Å². The Bertz CT molecular complexity index is 520. The molecule has 0 aromatic rings. The summed E-state index contributed by atoms with van der Waals surface area (Å²) < 4.78 is 26.8. The highest BCUT2D eigenvalue weighted by atomic mass is 19.3. The molecule has 2 saturated carbocycles. The number of hydrogen-bond donors (Lipinski definition) is 3. The SMILES string of the molecule is N=C1/C(=C(\N)N2C[C@H]3C[C@@H](C2)[C@H]3CC(=O)O)CCC1(F)F. The van der Waals surface area contributed by atoms with Gasteiger partial charge in [0.2, 0.25) is 0 Å². The zero-order valence-electron chi connectivity index (χ0n) is 11.6. The molecular weight excluding hydrogens is 280 g/mol. The number of nitrogens with two attached hydrogens (primary N) is 1. The third-order valence-electron chi connectivity index (χ3n) is 5.14. The molecule has 2 aliphatic carbocycles. The normalized spacial score (nSPS) is 36.4. The molecule has 4 aliphatic rings. The molecule has 7 heteroatoms. The van der Waals surface area contributed by atoms with Crippen molar-refractivity contribution in [3.63, 3.8) is 0 Å². The van der Waals surface area contributed by atoms with E-state index in [1.807, 2.05) is 4.90 Å². The van der Waals surface area contributed by atoms with Crippen molar-refractivity contribution in [2.45, 2.75) is 31.6 Å². The van der Waals surface area contributed by atoms with E-state index in [1.165, 1.54) is 0 Å². The number of nitrogens with zero attached hydrogens (tertiary/aromatic N) is 1. The molecule has 5 nitrogen and oxygen atoms in total. The van der Waals surface area contributed by atoms with Gasteiger partial charge in [0, 0.05) is 31.5 Å². The second kappa shape index (κ2) is 4.68. The molecule has 4 rings (SSSR count). The van der Waals surface area contributed by atoms with Crippen LogP contribution in [0.25, 0.3) is 0 Å². The number of aliphatic carboxylic acids is 1. The van der Waals surface area contributed by atoms with Crippen molar-refractivity contribution in [2.24, 2.45) is 23.5 Å². The number of allylic oxidation sites excluding steroid dienone is 1. The number of fused-ring (bicyclic) bond motifs is 2. The molecule has 4 N–H and O–H groups in total. The predicted molar refractivity (Wildman–Crippen MR) is 72.0 cm³/mol. The van der Waals surface area contributed by atoms with Crippen LogP contribution >= 0.6 is 0 Å². The fourth-order valence-electron chi connectivity index (χ4n) is 3.92. The van der Waals surface area contributed by atoms with Crippen LogP contribution in [0, 0.1) is 23.2 Å². The summed E-state index contributed by atoms with van der Waals surface area (Å²) in [5.41, 5.74) is 5.62. The number of nitrogens with one attached hydrogen (secondary N) is 1. The number of hydrogen-bond acceptors (Lipinski definition) is 4. The average molecular weight is 299 g/mol. The molecule has 116 valence electrons. The van der Waals surface area contributed by atoms with E-state index in [0.29, 0.717) is 18.9 Å². The smallest absolute Gasteiger partial charge is 0.303 e. The van der Waals surface area contributed by atoms with Crippen molar-refractivity contribution >= 4 is 11.7 Å². The molecule has 2 heterocycles. The second-order valence-electron chi connectivity index (χ2n) is 6.37. The van der Waals surface area contributed by atoms with Crippen LogP contribution in [0.15, 0.2) is 11.4 Å². The molecule has 2 saturated heterocycles. The molecule has 0 aromatic heterocycles. The summed E-state index contributed by atoms with van der Waals surface area (Å²) in [6.07, 6.45) is 0.963. The monoisotopic (exact) mass is 299 g/mol. The van der Waals surface area contributed by atoms with Crippen molar-refractivity contribution in [1.82, 2.24) is 4.90 Å². The number of carbonyl (C=O) groups is 1. The van der Waals surface area contributed by atoms with Crippen LogP contribution in [0.5, 0.6) is 0 Å². The maximum Gasteiger partial charge on any atom is 0.303 e. The molecule has 0 unspecified atom stereocenters. The standard InChI is InChI=1S/C14H19F2N3O2/c15-14(16)2-1-9(12(14)17)13(18)19-5-7-3-8(6-19)10(7)4-11(20)21/h7-8,10,17H,1-6,18H2,(H,20,21)/b13-9+,17-12?/t7-,8+,10+. The Hall–Kier alpha value is -1.66. The van der Waals surface area contributed by atoms with Gasteiger partial charge < -0.3 is 15.7 Å². The van der Waals surface area contributed by atoms with Gasteiger partial charge in [0.25, 0.3) is 5.92 Å². The van der Waals surface area contributed by atoms with Gasteiger partial charge in [-0.3, -0.25) is 10.2 Å². The molecule has 4 fully saturated rings. The van der Waals surface area contributed by atoms with Gasteiger partial charge in [0.05, 0.1) is 0 Å². The van der Waals surface area contributed by atoms with Gasteiger partial charge in [-0.1, -0.05) is 0 Å². The molecule has 0 aromatic carbocycles. The molecule has 21 heavy (non-hydrogen) atoms. The van der Waals surface area contributed by atoms with E-state index in [1.54, 1.807) is 0 Å². The summed E-state index contributed by atoms with van der Waals surface area (Å²) in [5, 5.41) is 16.4. The summed E-state index contributed by atoms with van der Waals surface area (Å²) in [4.78, 5) is 12.7. The Kier molecular flexibility index (Phi) is 3.18. The van der Waals surface area contributed by atoms with Crippen molar-refractivity contribution in [1.29, 1.82) is 5.41 Å². The molecule has 3 atom stereocenters. The van der Waals surface area contributed by atoms with Crippen LogP contribution in [-0.2, 0) is 4.79 Å². The van der Waals surface area contributed by atoms with Crippen LogP contribution in [0.1, 0.15) is 25.7 Å². The summed E-state index contributed by atoms with van der Waals surface area (Å²) in [7, 11) is 0. The maximum absolute atomic E-state index is 13.4. The van der Waals surface area contributed by atoms with Crippen molar-refractivity contribution < 1.29 is 18.7 Å². The minimum Gasteiger partial charge on any atom is -0.481 e. The Morgan fingerprint density at radius 2 is 2.05 bits per heavy atom. The molecule has 2 aliphatic heterocycles. The van der Waals surface area contributed by atoms with Gasteiger partial charge in [0.15, 0.2) is 0 Å². The first-order valence-corrected chi connectivity index (χ1v) is 7.22. The lowest BCUT2D eigenvalue weighted by Gasteiger charge is -2.54. The molecule has 0 spiro atoms. The molecule has 0 amide bonds. The average Bonchev–Trinajstić information content (AvgIpc) is 2.70. The first-order chi connectivity index (χ1) is 9.79. The van der Waals surface area contributed by atoms with Crippen molar-refractivity contribution in [2.75, 3.05) is 13.1 Å². The van der Waals surface area contributed by atoms with Crippen LogP contribution in [-0.4, -0.2) is 40.7 Å². The van der Waals surface area contributed by atoms with E-state index in [2.05, 4.69) is 0 Å². The summed E-state index contributed by atoms with van der Waals surface area (Å²) >= 11 is 0. The largest absolute Gasteiger partial charge is 0.481 e. The third-order valence-corrected chi connectivity index (χ3v) is 5.14. The van der Waals surface area contributed by atoms with Gasteiger partial charge in [-0.25, -0.2) is 0 Å².